The molecule has 3 heteroatoms. The summed E-state index contributed by atoms with van der Waals surface area (Å²) in [6.45, 7) is 0.552. The summed E-state index contributed by atoms with van der Waals surface area (Å²) in [7, 11) is 1.83. The Morgan fingerprint density at radius 2 is 1.55 bits per heavy atom. The molecule has 3 nitrogen and oxygen atoms in total. The molecule has 0 radical (unpaired) electrons. The van der Waals surface area contributed by atoms with Crippen LogP contribution in [-0.4, -0.2) is 19.5 Å². The molecular formula is C17H26N2O. The molecular weight excluding hydrogens is 248 g/mol. The van der Waals surface area contributed by atoms with E-state index < -0.39 is 0 Å². The molecule has 1 aromatic carbocycles. The molecule has 0 bridgehead atoms. The van der Waals surface area contributed by atoms with Gasteiger partial charge in [0.1, 0.15) is 6.61 Å². The molecule has 0 N–H and O–H groups in total. The van der Waals surface area contributed by atoms with Gasteiger partial charge in [0, 0.05) is 13.3 Å². The summed E-state index contributed by atoms with van der Waals surface area (Å²) in [6, 6.07) is 10.1. The first-order chi connectivity index (χ1) is 9.93. The van der Waals surface area contributed by atoms with Gasteiger partial charge >= 0.3 is 0 Å². The maximum Gasteiger partial charge on any atom is 0.142 e. The number of nitrogens with zero attached hydrogens (tertiary/aromatic N) is 2. The molecule has 0 aromatic heterocycles. The number of unbranched alkanes of at least 4 members (excludes halogenated alkanes) is 6. The predicted molar refractivity (Wildman–Crippen MR) is 86.5 cm³/mol. The molecule has 110 valence electrons. The highest BCUT2D eigenvalue weighted by atomic mass is 16.6. The van der Waals surface area contributed by atoms with Gasteiger partial charge in [-0.05, 0) is 37.5 Å². The minimum absolute atomic E-state index is 0.552. The first-order valence-corrected chi connectivity index (χ1v) is 7.52. The third kappa shape index (κ3) is 9.31. The smallest absolute Gasteiger partial charge is 0.142 e. The predicted octanol–water partition coefficient (Wildman–Crippen LogP) is 4.62. The fraction of sp³-hybridized carbons (Fsp3) is 0.529. The SMILES string of the molecule is C/N=C/CCCCCCC/C=N/OCc1ccccc1. The van der Waals surface area contributed by atoms with E-state index in [4.69, 9.17) is 4.84 Å². The monoisotopic (exact) mass is 274 g/mol. The van der Waals surface area contributed by atoms with Crippen molar-refractivity contribution in [2.75, 3.05) is 7.05 Å². The quantitative estimate of drug-likeness (QED) is 0.329. The Balaban J connectivity index is 1.87. The lowest BCUT2D eigenvalue weighted by molar-refractivity contribution is 0.131. The van der Waals surface area contributed by atoms with Crippen LogP contribution in [0.1, 0.15) is 50.5 Å². The highest BCUT2D eigenvalue weighted by Gasteiger charge is 1.91. The molecule has 0 saturated carbocycles. The first-order valence-electron chi connectivity index (χ1n) is 7.52. The van der Waals surface area contributed by atoms with Crippen LogP contribution in [0.2, 0.25) is 0 Å². The molecule has 0 fully saturated rings. The molecule has 0 aliphatic carbocycles. The zero-order valence-electron chi connectivity index (χ0n) is 12.5. The summed E-state index contributed by atoms with van der Waals surface area (Å²) in [6.07, 6.45) is 12.3. The van der Waals surface area contributed by atoms with Crippen molar-refractivity contribution in [2.45, 2.75) is 51.6 Å². The lowest BCUT2D eigenvalue weighted by Gasteiger charge is -1.99. The molecule has 0 aliphatic heterocycles. The molecule has 0 heterocycles. The third-order valence-electron chi connectivity index (χ3n) is 3.07. The molecule has 0 unspecified atom stereocenters. The topological polar surface area (TPSA) is 34.0 Å². The van der Waals surface area contributed by atoms with Gasteiger partial charge in [-0.1, -0.05) is 54.8 Å². The molecule has 0 atom stereocenters. The van der Waals surface area contributed by atoms with Gasteiger partial charge in [-0.25, -0.2) is 0 Å². The summed E-state index contributed by atoms with van der Waals surface area (Å²) in [5.74, 6) is 0. The van der Waals surface area contributed by atoms with Gasteiger partial charge in [-0.15, -0.1) is 0 Å². The standard InChI is InChI=1S/C17H26N2O/c1-18-14-10-5-3-2-4-6-11-15-19-20-16-17-12-8-7-9-13-17/h7-9,12-15H,2-6,10-11,16H2,1H3/b18-14+,19-15+. The van der Waals surface area contributed by atoms with Gasteiger partial charge < -0.3 is 9.83 Å². The fourth-order valence-corrected chi connectivity index (χ4v) is 1.92. The number of oxime groups is 1. The molecule has 20 heavy (non-hydrogen) atoms. The van der Waals surface area contributed by atoms with Crippen molar-refractivity contribution in [1.29, 1.82) is 0 Å². The number of aliphatic imine (C=N–C) groups is 1. The van der Waals surface area contributed by atoms with Crippen LogP contribution in [0.4, 0.5) is 0 Å². The van der Waals surface area contributed by atoms with Gasteiger partial charge in [0.25, 0.3) is 0 Å². The average Bonchev–Trinajstić information content (AvgIpc) is 2.49. The van der Waals surface area contributed by atoms with Crippen molar-refractivity contribution in [3.63, 3.8) is 0 Å². The summed E-state index contributed by atoms with van der Waals surface area (Å²) in [4.78, 5) is 9.22. The molecule has 1 rings (SSSR count). The highest BCUT2D eigenvalue weighted by molar-refractivity contribution is 5.56. The van der Waals surface area contributed by atoms with Crippen molar-refractivity contribution in [3.8, 4) is 0 Å². The van der Waals surface area contributed by atoms with Crippen LogP contribution in [-0.2, 0) is 11.4 Å². The Labute approximate surface area is 122 Å². The number of hydrogen-bond donors (Lipinski definition) is 0. The van der Waals surface area contributed by atoms with E-state index in [1.165, 1.54) is 32.1 Å². The van der Waals surface area contributed by atoms with E-state index in [1.807, 2.05) is 49.8 Å². The summed E-state index contributed by atoms with van der Waals surface area (Å²) in [5.41, 5.74) is 1.15. The van der Waals surface area contributed by atoms with E-state index in [1.54, 1.807) is 0 Å². The van der Waals surface area contributed by atoms with Crippen molar-refractivity contribution in [2.24, 2.45) is 10.1 Å². The van der Waals surface area contributed by atoms with Crippen LogP contribution < -0.4 is 0 Å². The summed E-state index contributed by atoms with van der Waals surface area (Å²) >= 11 is 0. The maximum absolute atomic E-state index is 5.25. The molecule has 0 aliphatic rings. The van der Waals surface area contributed by atoms with Crippen LogP contribution in [0, 0.1) is 0 Å². The Morgan fingerprint density at radius 3 is 2.25 bits per heavy atom. The molecule has 0 amide bonds. The Bertz CT molecular complexity index is 374. The van der Waals surface area contributed by atoms with E-state index in [0.29, 0.717) is 6.61 Å². The van der Waals surface area contributed by atoms with Gasteiger partial charge in [0.15, 0.2) is 0 Å². The van der Waals surface area contributed by atoms with Crippen molar-refractivity contribution >= 4 is 12.4 Å². The van der Waals surface area contributed by atoms with E-state index in [0.717, 1.165) is 18.4 Å². The van der Waals surface area contributed by atoms with Gasteiger partial charge in [-0.3, -0.25) is 0 Å². The average molecular weight is 274 g/mol. The number of hydrogen-bond acceptors (Lipinski definition) is 3. The van der Waals surface area contributed by atoms with Crippen molar-refractivity contribution in [1.82, 2.24) is 0 Å². The van der Waals surface area contributed by atoms with E-state index in [9.17, 15) is 0 Å². The second-order valence-electron chi connectivity index (χ2n) is 4.83. The van der Waals surface area contributed by atoms with Crippen molar-refractivity contribution in [3.05, 3.63) is 35.9 Å². The zero-order chi connectivity index (χ0) is 14.3. The molecule has 1 aromatic rings. The lowest BCUT2D eigenvalue weighted by Crippen LogP contribution is -1.87. The van der Waals surface area contributed by atoms with Crippen LogP contribution in [0.3, 0.4) is 0 Å². The largest absolute Gasteiger partial charge is 0.391 e. The lowest BCUT2D eigenvalue weighted by atomic mass is 10.1. The van der Waals surface area contributed by atoms with E-state index in [2.05, 4.69) is 10.1 Å². The number of rotatable bonds is 11. The van der Waals surface area contributed by atoms with Crippen molar-refractivity contribution < 1.29 is 4.84 Å². The Morgan fingerprint density at radius 1 is 0.900 bits per heavy atom. The second kappa shape index (κ2) is 12.4. The van der Waals surface area contributed by atoms with Crippen LogP contribution in [0.25, 0.3) is 0 Å². The zero-order valence-corrected chi connectivity index (χ0v) is 12.5. The third-order valence-corrected chi connectivity index (χ3v) is 3.07. The Kier molecular flexibility index (Phi) is 10.2. The maximum atomic E-state index is 5.25. The van der Waals surface area contributed by atoms with E-state index >= 15 is 0 Å². The van der Waals surface area contributed by atoms with Crippen LogP contribution in [0.15, 0.2) is 40.5 Å². The highest BCUT2D eigenvalue weighted by Crippen LogP contribution is 2.06. The second-order valence-corrected chi connectivity index (χ2v) is 4.83. The molecule has 0 spiro atoms. The van der Waals surface area contributed by atoms with Gasteiger partial charge in [0.05, 0.1) is 0 Å². The van der Waals surface area contributed by atoms with Crippen LogP contribution in [0.5, 0.6) is 0 Å². The molecule has 0 saturated heterocycles. The number of benzene rings is 1. The van der Waals surface area contributed by atoms with Gasteiger partial charge in [-0.2, -0.15) is 0 Å². The van der Waals surface area contributed by atoms with Gasteiger partial charge in [0.2, 0.25) is 0 Å². The van der Waals surface area contributed by atoms with Crippen LogP contribution >= 0.6 is 0 Å². The fourth-order valence-electron chi connectivity index (χ4n) is 1.92. The summed E-state index contributed by atoms with van der Waals surface area (Å²) < 4.78 is 0. The first kappa shape index (κ1) is 16.4. The van der Waals surface area contributed by atoms with E-state index in [-0.39, 0.29) is 0 Å². The Hall–Kier alpha value is -1.64. The minimum atomic E-state index is 0.552. The normalized spacial score (nSPS) is 11.4. The minimum Gasteiger partial charge on any atom is -0.391 e. The summed E-state index contributed by atoms with van der Waals surface area (Å²) in [5, 5.41) is 3.98.